The molecular weight excluding hydrogens is 300 g/mol. The lowest BCUT2D eigenvalue weighted by molar-refractivity contribution is 0.291. The monoisotopic (exact) mass is 320 g/mol. The van der Waals surface area contributed by atoms with E-state index in [4.69, 9.17) is 0 Å². The molecule has 5 heteroatoms. The van der Waals surface area contributed by atoms with E-state index in [1.165, 1.54) is 24.3 Å². The molecule has 2 N–H and O–H groups in total. The highest BCUT2D eigenvalue weighted by Crippen LogP contribution is 2.29. The predicted molar refractivity (Wildman–Crippen MR) is 85.6 cm³/mol. The second kappa shape index (κ2) is 6.94. The molecule has 0 saturated carbocycles. The lowest BCUT2D eigenvalue weighted by atomic mass is 10.1. The van der Waals surface area contributed by atoms with E-state index in [1.807, 2.05) is 12.1 Å². The highest BCUT2D eigenvalue weighted by Gasteiger charge is 2.28. The van der Waals surface area contributed by atoms with Crippen LogP contribution >= 0.6 is 0 Å². The summed E-state index contributed by atoms with van der Waals surface area (Å²) in [5.74, 6) is 0.00316. The van der Waals surface area contributed by atoms with Crippen LogP contribution in [0.15, 0.2) is 53.4 Å². The van der Waals surface area contributed by atoms with Crippen LogP contribution in [0, 0.1) is 0 Å². The summed E-state index contributed by atoms with van der Waals surface area (Å²) in [5, 5.41) is 17.8. The van der Waals surface area contributed by atoms with Gasteiger partial charge in [0.05, 0.1) is 11.5 Å². The fraction of sp³-hybridized carbons (Fsp3) is 0.294. The quantitative estimate of drug-likeness (QED) is 0.858. The number of benzene rings is 2. The molecule has 0 heterocycles. The minimum Gasteiger partial charge on any atom is -0.508 e. The predicted octanol–water partition coefficient (Wildman–Crippen LogP) is 2.85. The molecule has 0 aliphatic carbocycles. The maximum absolute atomic E-state index is 12.6. The van der Waals surface area contributed by atoms with Crippen molar-refractivity contribution >= 4 is 9.84 Å². The molecule has 2 rings (SSSR count). The van der Waals surface area contributed by atoms with Gasteiger partial charge in [-0.25, -0.2) is 8.42 Å². The van der Waals surface area contributed by atoms with E-state index < -0.39 is 21.7 Å². The Kier molecular flexibility index (Phi) is 5.21. The van der Waals surface area contributed by atoms with Crippen molar-refractivity contribution < 1.29 is 18.6 Å². The highest BCUT2D eigenvalue weighted by atomic mass is 32.2. The van der Waals surface area contributed by atoms with Crippen molar-refractivity contribution in [3.8, 4) is 5.75 Å². The van der Waals surface area contributed by atoms with Gasteiger partial charge in [-0.05, 0) is 41.8 Å². The Balaban J connectivity index is 2.35. The van der Waals surface area contributed by atoms with Gasteiger partial charge in [-0.1, -0.05) is 37.6 Å². The Hall–Kier alpha value is -1.85. The van der Waals surface area contributed by atoms with Gasteiger partial charge in [0.15, 0.2) is 9.84 Å². The average Bonchev–Trinajstić information content (AvgIpc) is 2.50. The molecule has 118 valence electrons. The Morgan fingerprint density at radius 3 is 2.09 bits per heavy atom. The summed E-state index contributed by atoms with van der Waals surface area (Å²) in [7, 11) is -3.71. The van der Waals surface area contributed by atoms with E-state index in [9.17, 15) is 18.6 Å². The lowest BCUT2D eigenvalue weighted by Crippen LogP contribution is -2.17. The molecule has 0 spiro atoms. The van der Waals surface area contributed by atoms with Gasteiger partial charge in [-0.15, -0.1) is 0 Å². The molecule has 0 radical (unpaired) electrons. The number of aromatic hydroxyl groups is 1. The van der Waals surface area contributed by atoms with Crippen molar-refractivity contribution in [2.75, 3.05) is 6.61 Å². The van der Waals surface area contributed by atoms with Crippen LogP contribution in [0.4, 0.5) is 0 Å². The van der Waals surface area contributed by atoms with Crippen molar-refractivity contribution in [1.82, 2.24) is 0 Å². The number of aliphatic hydroxyl groups excluding tert-OH is 1. The van der Waals surface area contributed by atoms with Gasteiger partial charge < -0.3 is 10.2 Å². The van der Waals surface area contributed by atoms with Crippen molar-refractivity contribution in [2.24, 2.45) is 0 Å². The van der Waals surface area contributed by atoms with E-state index in [-0.39, 0.29) is 10.6 Å². The molecular formula is C17H20O4S. The third kappa shape index (κ3) is 3.48. The number of aliphatic hydroxyl groups is 1. The number of sulfone groups is 1. The molecule has 0 saturated heterocycles. The molecule has 2 aromatic rings. The SMILES string of the molecule is CCCc1ccc(C(CO)S(=O)(=O)c2ccc(O)cc2)cc1. The van der Waals surface area contributed by atoms with Crippen LogP contribution in [-0.2, 0) is 16.3 Å². The molecule has 1 atom stereocenters. The van der Waals surface area contributed by atoms with Gasteiger partial charge in [-0.3, -0.25) is 0 Å². The first-order valence-corrected chi connectivity index (χ1v) is 8.76. The van der Waals surface area contributed by atoms with Crippen LogP contribution in [0.5, 0.6) is 5.75 Å². The summed E-state index contributed by atoms with van der Waals surface area (Å²) >= 11 is 0. The third-order valence-electron chi connectivity index (χ3n) is 3.60. The van der Waals surface area contributed by atoms with E-state index in [2.05, 4.69) is 6.92 Å². The zero-order chi connectivity index (χ0) is 16.2. The Labute approximate surface area is 131 Å². The van der Waals surface area contributed by atoms with Crippen LogP contribution in [0.1, 0.15) is 29.7 Å². The smallest absolute Gasteiger partial charge is 0.187 e. The van der Waals surface area contributed by atoms with Gasteiger partial charge in [0, 0.05) is 0 Å². The maximum atomic E-state index is 12.6. The van der Waals surface area contributed by atoms with Crippen LogP contribution in [0.25, 0.3) is 0 Å². The number of rotatable bonds is 6. The minimum atomic E-state index is -3.71. The third-order valence-corrected chi connectivity index (χ3v) is 5.70. The van der Waals surface area contributed by atoms with E-state index in [0.29, 0.717) is 5.56 Å². The molecule has 0 amide bonds. The van der Waals surface area contributed by atoms with E-state index >= 15 is 0 Å². The molecule has 0 aliphatic rings. The first kappa shape index (κ1) is 16.5. The summed E-state index contributed by atoms with van der Waals surface area (Å²) in [6.07, 6.45) is 1.96. The molecule has 0 aromatic heterocycles. The second-order valence-electron chi connectivity index (χ2n) is 5.20. The summed E-state index contributed by atoms with van der Waals surface area (Å²) in [5.41, 5.74) is 1.71. The molecule has 2 aromatic carbocycles. The van der Waals surface area contributed by atoms with Crippen molar-refractivity contribution in [1.29, 1.82) is 0 Å². The van der Waals surface area contributed by atoms with Crippen molar-refractivity contribution in [2.45, 2.75) is 29.9 Å². The molecule has 0 aliphatic heterocycles. The van der Waals surface area contributed by atoms with Gasteiger partial charge in [0.2, 0.25) is 0 Å². The normalized spacial score (nSPS) is 13.0. The Bertz CT molecular complexity index is 703. The number of phenols is 1. The largest absolute Gasteiger partial charge is 0.508 e. The van der Waals surface area contributed by atoms with E-state index in [0.717, 1.165) is 18.4 Å². The summed E-state index contributed by atoms with van der Waals surface area (Å²) in [4.78, 5) is 0.0852. The molecule has 0 bridgehead atoms. The number of hydrogen-bond acceptors (Lipinski definition) is 4. The van der Waals surface area contributed by atoms with Gasteiger partial charge in [0.1, 0.15) is 11.0 Å². The topological polar surface area (TPSA) is 74.6 Å². The summed E-state index contributed by atoms with van der Waals surface area (Å²) in [6.45, 7) is 1.59. The lowest BCUT2D eigenvalue weighted by Gasteiger charge is -2.16. The standard InChI is InChI=1S/C17H20O4S/c1-2-3-13-4-6-14(7-5-13)17(12-18)22(20,21)16-10-8-15(19)9-11-16/h4-11,17-19H,2-3,12H2,1H3. The molecule has 4 nitrogen and oxygen atoms in total. The first-order chi connectivity index (χ1) is 10.5. The van der Waals surface area contributed by atoms with Gasteiger partial charge >= 0.3 is 0 Å². The maximum Gasteiger partial charge on any atom is 0.187 e. The number of phenolic OH excluding ortho intramolecular Hbond substituents is 1. The summed E-state index contributed by atoms with van der Waals surface area (Å²) in [6, 6.07) is 12.6. The first-order valence-electron chi connectivity index (χ1n) is 7.21. The number of aryl methyl sites for hydroxylation is 1. The minimum absolute atomic E-state index is 0.00316. The highest BCUT2D eigenvalue weighted by molar-refractivity contribution is 7.91. The van der Waals surface area contributed by atoms with Crippen molar-refractivity contribution in [3.05, 3.63) is 59.7 Å². The van der Waals surface area contributed by atoms with Crippen LogP contribution in [0.2, 0.25) is 0 Å². The van der Waals surface area contributed by atoms with Crippen molar-refractivity contribution in [3.63, 3.8) is 0 Å². The zero-order valence-electron chi connectivity index (χ0n) is 12.4. The van der Waals surface area contributed by atoms with Gasteiger partial charge in [0.25, 0.3) is 0 Å². The molecule has 0 fully saturated rings. The number of hydrogen-bond donors (Lipinski definition) is 2. The zero-order valence-corrected chi connectivity index (χ0v) is 13.3. The van der Waals surface area contributed by atoms with Crippen LogP contribution < -0.4 is 0 Å². The van der Waals surface area contributed by atoms with E-state index in [1.54, 1.807) is 12.1 Å². The fourth-order valence-electron chi connectivity index (χ4n) is 2.37. The summed E-state index contributed by atoms with van der Waals surface area (Å²) < 4.78 is 25.3. The molecule has 1 unspecified atom stereocenters. The van der Waals surface area contributed by atoms with Crippen LogP contribution in [0.3, 0.4) is 0 Å². The molecule has 22 heavy (non-hydrogen) atoms. The fourth-order valence-corrected chi connectivity index (χ4v) is 3.93. The van der Waals surface area contributed by atoms with Gasteiger partial charge in [-0.2, -0.15) is 0 Å². The van der Waals surface area contributed by atoms with Crippen LogP contribution in [-0.4, -0.2) is 25.2 Å². The Morgan fingerprint density at radius 1 is 1.00 bits per heavy atom. The average molecular weight is 320 g/mol. The Morgan fingerprint density at radius 2 is 1.59 bits per heavy atom. The second-order valence-corrected chi connectivity index (χ2v) is 7.33.